The van der Waals surface area contributed by atoms with E-state index in [0.29, 0.717) is 5.56 Å². The molecule has 1 N–H and O–H groups in total. The molecule has 0 radical (unpaired) electrons. The van der Waals surface area contributed by atoms with Crippen LogP contribution >= 0.6 is 11.6 Å². The molecule has 0 spiro atoms. The van der Waals surface area contributed by atoms with E-state index in [1.807, 2.05) is 24.3 Å². The zero-order valence-corrected chi connectivity index (χ0v) is 18.4. The molecule has 164 valence electrons. The van der Waals surface area contributed by atoms with Crippen LogP contribution in [0.1, 0.15) is 39.7 Å². The van der Waals surface area contributed by atoms with Crippen molar-refractivity contribution < 1.29 is 19.4 Å². The van der Waals surface area contributed by atoms with Gasteiger partial charge in [-0.1, -0.05) is 60.1 Å². The highest BCUT2D eigenvalue weighted by molar-refractivity contribution is 6.32. The number of benzene rings is 3. The van der Waals surface area contributed by atoms with Crippen LogP contribution in [0.5, 0.6) is 11.5 Å². The molecule has 1 fully saturated rings. The maximum Gasteiger partial charge on any atom is 0.254 e. The number of hydrogen-bond donors (Lipinski definition) is 1. The first-order valence-corrected chi connectivity index (χ1v) is 11.0. The lowest BCUT2D eigenvalue weighted by molar-refractivity contribution is -0.139. The summed E-state index contributed by atoms with van der Waals surface area (Å²) >= 11 is 6.06. The number of hydrazone groups is 1. The maximum atomic E-state index is 13.5. The van der Waals surface area contributed by atoms with Gasteiger partial charge >= 0.3 is 0 Å². The van der Waals surface area contributed by atoms with E-state index in [2.05, 4.69) is 29.4 Å². The van der Waals surface area contributed by atoms with Crippen LogP contribution in [0.25, 0.3) is 0 Å². The highest BCUT2D eigenvalue weighted by Gasteiger charge is 2.61. The predicted octanol–water partition coefficient (Wildman–Crippen LogP) is 4.28. The van der Waals surface area contributed by atoms with Gasteiger partial charge in [0, 0.05) is 11.8 Å². The fourth-order valence-electron chi connectivity index (χ4n) is 5.72. The third kappa shape index (κ3) is 2.70. The summed E-state index contributed by atoms with van der Waals surface area (Å²) in [5.41, 5.74) is 4.96. The number of rotatable bonds is 3. The molecule has 2 amide bonds. The van der Waals surface area contributed by atoms with Crippen LogP contribution in [0.3, 0.4) is 0 Å². The number of phenolic OH excluding ortho intramolecular Hbond substituents is 1. The molecule has 2 bridgehead atoms. The summed E-state index contributed by atoms with van der Waals surface area (Å²) in [6.45, 7) is 0. The highest BCUT2D eigenvalue weighted by Crippen LogP contribution is 2.60. The smallest absolute Gasteiger partial charge is 0.254 e. The van der Waals surface area contributed by atoms with E-state index in [4.69, 9.17) is 16.3 Å². The minimum Gasteiger partial charge on any atom is -0.503 e. The molecule has 6 nitrogen and oxygen atoms in total. The second kappa shape index (κ2) is 7.18. The Kier molecular flexibility index (Phi) is 4.35. The van der Waals surface area contributed by atoms with Crippen molar-refractivity contribution in [3.8, 4) is 11.5 Å². The van der Waals surface area contributed by atoms with Gasteiger partial charge in [-0.2, -0.15) is 10.1 Å². The molecule has 1 heterocycles. The number of aromatic hydroxyl groups is 1. The van der Waals surface area contributed by atoms with Crippen molar-refractivity contribution in [3.05, 3.63) is 93.5 Å². The van der Waals surface area contributed by atoms with Crippen molar-refractivity contribution >= 4 is 29.6 Å². The normalized spacial score (nSPS) is 24.7. The largest absolute Gasteiger partial charge is 0.503 e. The minimum atomic E-state index is -0.484. The monoisotopic (exact) mass is 458 g/mol. The average Bonchev–Trinajstić information content (AvgIpc) is 3.09. The van der Waals surface area contributed by atoms with Gasteiger partial charge in [0.15, 0.2) is 11.5 Å². The molecule has 0 aromatic heterocycles. The van der Waals surface area contributed by atoms with Crippen molar-refractivity contribution in [1.29, 1.82) is 0 Å². The highest BCUT2D eigenvalue weighted by atomic mass is 35.5. The summed E-state index contributed by atoms with van der Waals surface area (Å²) in [7, 11) is 1.41. The lowest BCUT2D eigenvalue weighted by Gasteiger charge is -2.45. The van der Waals surface area contributed by atoms with E-state index in [0.717, 1.165) is 27.3 Å². The molecule has 0 saturated carbocycles. The average molecular weight is 459 g/mol. The molecule has 2 atom stereocenters. The fourth-order valence-corrected chi connectivity index (χ4v) is 5.94. The summed E-state index contributed by atoms with van der Waals surface area (Å²) in [5, 5.41) is 15.3. The Morgan fingerprint density at radius 3 is 1.85 bits per heavy atom. The van der Waals surface area contributed by atoms with Gasteiger partial charge in [0.05, 0.1) is 30.2 Å². The lowest BCUT2D eigenvalue weighted by atomic mass is 9.55. The SMILES string of the molecule is COc1cc(/C=N/N2C(=O)C3C4c5ccccc5C(c5ccccc54)C3C2=O)cc(Cl)c1O. The topological polar surface area (TPSA) is 79.2 Å². The van der Waals surface area contributed by atoms with Crippen molar-refractivity contribution in [2.24, 2.45) is 16.9 Å². The zero-order valence-electron chi connectivity index (χ0n) is 17.6. The van der Waals surface area contributed by atoms with Gasteiger partial charge in [-0.15, -0.1) is 0 Å². The molecule has 7 rings (SSSR count). The number of amides is 2. The van der Waals surface area contributed by atoms with E-state index in [9.17, 15) is 14.7 Å². The van der Waals surface area contributed by atoms with Crippen LogP contribution in [-0.2, 0) is 9.59 Å². The standard InChI is InChI=1S/C26H19ClN2O4/c1-33-19-11-13(10-18(27)24(19)30)12-28-29-25(31)22-20-14-6-2-3-7-15(14)21(23(22)26(29)32)17-9-5-4-8-16(17)20/h2-12,20-23,30H,1H3/b28-12+. The van der Waals surface area contributed by atoms with E-state index in [-0.39, 0.29) is 40.2 Å². The number of imide groups is 1. The number of methoxy groups -OCH3 is 1. The predicted molar refractivity (Wildman–Crippen MR) is 123 cm³/mol. The Morgan fingerprint density at radius 2 is 1.39 bits per heavy atom. The second-order valence-electron chi connectivity index (χ2n) is 8.55. The number of halogens is 1. The van der Waals surface area contributed by atoms with Gasteiger partial charge in [-0.25, -0.2) is 0 Å². The van der Waals surface area contributed by atoms with Gasteiger partial charge < -0.3 is 9.84 Å². The third-order valence-corrected chi connectivity index (χ3v) is 7.31. The molecule has 4 aliphatic rings. The van der Waals surface area contributed by atoms with Crippen LogP contribution in [0.2, 0.25) is 5.02 Å². The van der Waals surface area contributed by atoms with Crippen LogP contribution in [0, 0.1) is 11.8 Å². The molecule has 1 saturated heterocycles. The van der Waals surface area contributed by atoms with Crippen LogP contribution in [0.4, 0.5) is 0 Å². The fraction of sp³-hybridized carbons (Fsp3) is 0.192. The quantitative estimate of drug-likeness (QED) is 0.469. The number of phenols is 1. The van der Waals surface area contributed by atoms with E-state index in [1.54, 1.807) is 0 Å². The molecular weight excluding hydrogens is 440 g/mol. The first-order chi connectivity index (χ1) is 16.0. The summed E-state index contributed by atoms with van der Waals surface area (Å²) in [6.07, 6.45) is 1.39. The van der Waals surface area contributed by atoms with Gasteiger partial charge in [-0.3, -0.25) is 9.59 Å². The Hall–Kier alpha value is -3.64. The number of ether oxygens (including phenoxy) is 1. The molecular formula is C26H19ClN2O4. The summed E-state index contributed by atoms with van der Waals surface area (Å²) in [4.78, 5) is 27.1. The maximum absolute atomic E-state index is 13.5. The first kappa shape index (κ1) is 20.0. The molecule has 1 aliphatic heterocycles. The summed E-state index contributed by atoms with van der Waals surface area (Å²) in [6, 6.07) is 19.2. The van der Waals surface area contributed by atoms with E-state index >= 15 is 0 Å². The van der Waals surface area contributed by atoms with Crippen molar-refractivity contribution in [2.45, 2.75) is 11.8 Å². The van der Waals surface area contributed by atoms with E-state index in [1.165, 1.54) is 25.5 Å². The summed E-state index contributed by atoms with van der Waals surface area (Å²) in [5.74, 6) is -1.90. The van der Waals surface area contributed by atoms with Crippen molar-refractivity contribution in [3.63, 3.8) is 0 Å². The lowest BCUT2D eigenvalue weighted by Crippen LogP contribution is -2.41. The van der Waals surface area contributed by atoms with E-state index < -0.39 is 11.8 Å². The van der Waals surface area contributed by atoms with Crippen LogP contribution < -0.4 is 4.74 Å². The second-order valence-corrected chi connectivity index (χ2v) is 8.96. The number of carbonyl (C=O) groups is 2. The Morgan fingerprint density at radius 1 is 0.909 bits per heavy atom. The third-order valence-electron chi connectivity index (χ3n) is 7.02. The molecule has 33 heavy (non-hydrogen) atoms. The van der Waals surface area contributed by atoms with Crippen LogP contribution in [0.15, 0.2) is 65.8 Å². The Labute approximate surface area is 195 Å². The molecule has 7 heteroatoms. The van der Waals surface area contributed by atoms with Gasteiger partial charge in [0.1, 0.15) is 0 Å². The number of hydrogen-bond acceptors (Lipinski definition) is 5. The van der Waals surface area contributed by atoms with Crippen LogP contribution in [-0.4, -0.2) is 35.3 Å². The number of nitrogens with zero attached hydrogens (tertiary/aromatic N) is 2. The molecule has 3 aromatic rings. The van der Waals surface area contributed by atoms with Crippen molar-refractivity contribution in [1.82, 2.24) is 5.01 Å². The van der Waals surface area contributed by atoms with Gasteiger partial charge in [-0.05, 0) is 39.9 Å². The first-order valence-electron chi connectivity index (χ1n) is 10.7. The Balaban J connectivity index is 1.42. The summed E-state index contributed by atoms with van der Waals surface area (Å²) < 4.78 is 5.12. The van der Waals surface area contributed by atoms with Gasteiger partial charge in [0.2, 0.25) is 0 Å². The molecule has 3 aliphatic carbocycles. The van der Waals surface area contributed by atoms with Crippen molar-refractivity contribution in [2.75, 3.05) is 7.11 Å². The molecule has 3 aromatic carbocycles. The zero-order chi connectivity index (χ0) is 22.9. The van der Waals surface area contributed by atoms with Gasteiger partial charge in [0.25, 0.3) is 11.8 Å². The Bertz CT molecular complexity index is 1250. The molecule has 2 unspecified atom stereocenters. The number of carbonyl (C=O) groups excluding carboxylic acids is 2. The minimum absolute atomic E-state index is 0.0903.